The van der Waals surface area contributed by atoms with E-state index in [1.54, 1.807) is 48.5 Å². The number of imide groups is 1. The molecule has 0 atom stereocenters. The standard InChI is InChI=1S/C25H17Cl2FN2O4S/c26-17-9-10-21(34-14-23(31)29-20-8-4-2-6-18(20)27)16(11-17)12-22-24(32)30(25(33)35-22)13-15-5-1-3-7-19(15)28/h1-12H,13-14H2,(H,29,31)/b22-12-. The van der Waals surface area contributed by atoms with E-state index < -0.39 is 22.9 Å². The topological polar surface area (TPSA) is 75.7 Å². The van der Waals surface area contributed by atoms with Gasteiger partial charge in [0.25, 0.3) is 17.1 Å². The van der Waals surface area contributed by atoms with Gasteiger partial charge in [0.2, 0.25) is 0 Å². The lowest BCUT2D eigenvalue weighted by atomic mass is 10.1. The molecule has 1 N–H and O–H groups in total. The zero-order valence-electron chi connectivity index (χ0n) is 18.0. The van der Waals surface area contributed by atoms with Crippen LogP contribution in [0.2, 0.25) is 10.0 Å². The van der Waals surface area contributed by atoms with Crippen molar-refractivity contribution in [3.05, 3.63) is 98.6 Å². The van der Waals surface area contributed by atoms with Crippen LogP contribution in [0.5, 0.6) is 5.75 Å². The van der Waals surface area contributed by atoms with Gasteiger partial charge >= 0.3 is 0 Å². The number of ether oxygens (including phenoxy) is 1. The molecular formula is C25H17Cl2FN2O4S. The van der Waals surface area contributed by atoms with Crippen LogP contribution in [0.4, 0.5) is 14.9 Å². The summed E-state index contributed by atoms with van der Waals surface area (Å²) in [6.45, 7) is -0.516. The van der Waals surface area contributed by atoms with Gasteiger partial charge in [0.15, 0.2) is 6.61 Å². The minimum Gasteiger partial charge on any atom is -0.483 e. The fourth-order valence-electron chi connectivity index (χ4n) is 3.23. The van der Waals surface area contributed by atoms with Gasteiger partial charge in [-0.15, -0.1) is 0 Å². The number of carbonyl (C=O) groups is 3. The Bertz CT molecular complexity index is 1350. The van der Waals surface area contributed by atoms with Crippen molar-refractivity contribution in [2.45, 2.75) is 6.54 Å². The molecule has 178 valence electrons. The van der Waals surface area contributed by atoms with E-state index in [-0.39, 0.29) is 29.4 Å². The minimum absolute atomic E-state index is 0.124. The van der Waals surface area contributed by atoms with Crippen LogP contribution < -0.4 is 10.1 Å². The fourth-order valence-corrected chi connectivity index (χ4v) is 4.42. The van der Waals surface area contributed by atoms with Crippen LogP contribution in [0.15, 0.2) is 71.6 Å². The summed E-state index contributed by atoms with van der Waals surface area (Å²) in [5.41, 5.74) is 1.08. The third-order valence-corrected chi connectivity index (χ3v) is 6.40. The third-order valence-electron chi connectivity index (χ3n) is 4.93. The molecule has 0 saturated carbocycles. The first kappa shape index (κ1) is 24.8. The number of carbonyl (C=O) groups excluding carboxylic acids is 3. The number of halogens is 3. The zero-order chi connectivity index (χ0) is 24.9. The summed E-state index contributed by atoms with van der Waals surface area (Å²) in [4.78, 5) is 38.7. The normalized spacial score (nSPS) is 14.5. The molecule has 3 amide bonds. The highest BCUT2D eigenvalue weighted by atomic mass is 35.5. The quantitative estimate of drug-likeness (QED) is 0.358. The van der Waals surface area contributed by atoms with E-state index in [0.717, 1.165) is 16.7 Å². The number of hydrogen-bond donors (Lipinski definition) is 1. The second-order valence-electron chi connectivity index (χ2n) is 7.36. The maximum absolute atomic E-state index is 14.0. The van der Waals surface area contributed by atoms with Crippen molar-refractivity contribution < 1.29 is 23.5 Å². The van der Waals surface area contributed by atoms with Crippen molar-refractivity contribution in [3.8, 4) is 5.75 Å². The Hall–Kier alpha value is -3.33. The van der Waals surface area contributed by atoms with Gasteiger partial charge < -0.3 is 10.1 Å². The number of thioether (sulfide) groups is 1. The predicted molar refractivity (Wildman–Crippen MR) is 135 cm³/mol. The Balaban J connectivity index is 1.49. The van der Waals surface area contributed by atoms with E-state index in [4.69, 9.17) is 27.9 Å². The fraction of sp³-hybridized carbons (Fsp3) is 0.0800. The van der Waals surface area contributed by atoms with Gasteiger partial charge in [-0.1, -0.05) is 53.5 Å². The summed E-state index contributed by atoms with van der Waals surface area (Å²) < 4.78 is 19.7. The van der Waals surface area contributed by atoms with Crippen LogP contribution in [0.3, 0.4) is 0 Å². The highest BCUT2D eigenvalue weighted by Gasteiger charge is 2.35. The molecule has 3 aromatic carbocycles. The molecule has 1 aliphatic rings. The smallest absolute Gasteiger partial charge is 0.293 e. The molecule has 1 heterocycles. The van der Waals surface area contributed by atoms with Crippen molar-refractivity contribution in [2.75, 3.05) is 11.9 Å². The van der Waals surface area contributed by atoms with Gasteiger partial charge in [-0.25, -0.2) is 4.39 Å². The Labute approximate surface area is 214 Å². The van der Waals surface area contributed by atoms with Gasteiger partial charge in [0.1, 0.15) is 11.6 Å². The van der Waals surface area contributed by atoms with E-state index in [2.05, 4.69) is 5.32 Å². The average Bonchev–Trinajstić information content (AvgIpc) is 3.09. The number of anilines is 1. The number of para-hydroxylation sites is 1. The van der Waals surface area contributed by atoms with Crippen LogP contribution >= 0.6 is 35.0 Å². The highest BCUT2D eigenvalue weighted by Crippen LogP contribution is 2.36. The molecule has 0 bridgehead atoms. The lowest BCUT2D eigenvalue weighted by Gasteiger charge is -2.13. The van der Waals surface area contributed by atoms with Gasteiger partial charge in [0.05, 0.1) is 22.2 Å². The molecule has 6 nitrogen and oxygen atoms in total. The average molecular weight is 531 g/mol. The summed E-state index contributed by atoms with van der Waals surface area (Å²) in [5, 5.41) is 2.89. The molecule has 0 aromatic heterocycles. The second kappa shape index (κ2) is 10.9. The number of amides is 3. The van der Waals surface area contributed by atoms with Gasteiger partial charge in [-0.2, -0.15) is 0 Å². The Morgan fingerprint density at radius 3 is 2.57 bits per heavy atom. The van der Waals surface area contributed by atoms with Crippen LogP contribution in [-0.2, 0) is 16.1 Å². The number of nitrogens with zero attached hydrogens (tertiary/aromatic N) is 1. The molecule has 10 heteroatoms. The highest BCUT2D eigenvalue weighted by molar-refractivity contribution is 8.18. The van der Waals surface area contributed by atoms with Crippen molar-refractivity contribution in [1.29, 1.82) is 0 Å². The van der Waals surface area contributed by atoms with Gasteiger partial charge in [0, 0.05) is 16.1 Å². The Morgan fingerprint density at radius 2 is 1.80 bits per heavy atom. The first-order valence-corrected chi connectivity index (χ1v) is 11.8. The largest absolute Gasteiger partial charge is 0.483 e. The van der Waals surface area contributed by atoms with E-state index in [9.17, 15) is 18.8 Å². The first-order valence-electron chi connectivity index (χ1n) is 10.3. The van der Waals surface area contributed by atoms with E-state index in [1.807, 2.05) is 0 Å². The summed E-state index contributed by atoms with van der Waals surface area (Å²) in [5.74, 6) is -1.23. The summed E-state index contributed by atoms with van der Waals surface area (Å²) in [6, 6.07) is 17.4. The van der Waals surface area contributed by atoms with E-state index in [0.29, 0.717) is 21.3 Å². The van der Waals surface area contributed by atoms with Gasteiger partial charge in [-0.3, -0.25) is 19.3 Å². The van der Waals surface area contributed by atoms with E-state index in [1.165, 1.54) is 24.3 Å². The molecule has 0 unspecified atom stereocenters. The lowest BCUT2D eigenvalue weighted by molar-refractivity contribution is -0.123. The molecule has 35 heavy (non-hydrogen) atoms. The van der Waals surface area contributed by atoms with Crippen LogP contribution in [-0.4, -0.2) is 28.6 Å². The zero-order valence-corrected chi connectivity index (χ0v) is 20.3. The molecule has 1 fully saturated rings. The number of benzene rings is 3. The third kappa shape index (κ3) is 6.03. The SMILES string of the molecule is O=C(COc1ccc(Cl)cc1/C=C1\SC(=O)N(Cc2ccccc2F)C1=O)Nc1ccccc1Cl. The van der Waals surface area contributed by atoms with Crippen LogP contribution in [0.25, 0.3) is 6.08 Å². The molecule has 0 radical (unpaired) electrons. The van der Waals surface area contributed by atoms with E-state index >= 15 is 0 Å². The Morgan fingerprint density at radius 1 is 1.06 bits per heavy atom. The molecule has 1 aliphatic heterocycles. The number of nitrogens with one attached hydrogen (secondary N) is 1. The first-order chi connectivity index (χ1) is 16.8. The predicted octanol–water partition coefficient (Wildman–Crippen LogP) is 6.39. The van der Waals surface area contributed by atoms with Crippen LogP contribution in [0.1, 0.15) is 11.1 Å². The van der Waals surface area contributed by atoms with Crippen molar-refractivity contribution in [3.63, 3.8) is 0 Å². The van der Waals surface area contributed by atoms with Crippen molar-refractivity contribution in [2.24, 2.45) is 0 Å². The van der Waals surface area contributed by atoms with Gasteiger partial charge in [-0.05, 0) is 54.2 Å². The van der Waals surface area contributed by atoms with Crippen molar-refractivity contribution in [1.82, 2.24) is 4.90 Å². The molecule has 1 saturated heterocycles. The maximum atomic E-state index is 14.0. The Kier molecular flexibility index (Phi) is 7.75. The monoisotopic (exact) mass is 530 g/mol. The summed E-state index contributed by atoms with van der Waals surface area (Å²) in [6.07, 6.45) is 1.46. The summed E-state index contributed by atoms with van der Waals surface area (Å²) >= 11 is 12.9. The number of rotatable bonds is 7. The number of hydrogen-bond acceptors (Lipinski definition) is 5. The second-order valence-corrected chi connectivity index (χ2v) is 9.19. The van der Waals surface area contributed by atoms with Crippen molar-refractivity contribution >= 4 is 63.8 Å². The molecule has 4 rings (SSSR count). The lowest BCUT2D eigenvalue weighted by Crippen LogP contribution is -2.27. The minimum atomic E-state index is -0.564. The molecule has 3 aromatic rings. The molecule has 0 spiro atoms. The molecular weight excluding hydrogens is 514 g/mol. The molecule has 0 aliphatic carbocycles. The van der Waals surface area contributed by atoms with Crippen LogP contribution in [0, 0.1) is 5.82 Å². The summed E-state index contributed by atoms with van der Waals surface area (Å²) in [7, 11) is 0. The maximum Gasteiger partial charge on any atom is 0.293 e.